The number of hydrogen-bond acceptors (Lipinski definition) is 3. The van der Waals surface area contributed by atoms with Gasteiger partial charge in [0, 0.05) is 26.6 Å². The van der Waals surface area contributed by atoms with Crippen molar-refractivity contribution in [1.82, 2.24) is 0 Å². The predicted molar refractivity (Wildman–Crippen MR) is 120 cm³/mol. The van der Waals surface area contributed by atoms with Crippen LogP contribution in [-0.4, -0.2) is 7.11 Å². The van der Waals surface area contributed by atoms with Crippen molar-refractivity contribution in [3.05, 3.63) is 85.3 Å². The average molecular weight is 502 g/mol. The molecule has 0 aromatic heterocycles. The van der Waals surface area contributed by atoms with Crippen LogP contribution in [0.4, 0.5) is 5.69 Å². The topological polar surface area (TPSA) is 30.5 Å². The monoisotopic (exact) mass is 499 g/mol. The molecule has 0 saturated carbocycles. The van der Waals surface area contributed by atoms with E-state index in [1.165, 1.54) is 0 Å². The summed E-state index contributed by atoms with van der Waals surface area (Å²) in [5.74, 6) is 1.26. The zero-order valence-electron chi connectivity index (χ0n) is 14.9. The molecule has 0 aliphatic carbocycles. The van der Waals surface area contributed by atoms with Crippen LogP contribution in [0.2, 0.25) is 15.1 Å². The van der Waals surface area contributed by atoms with E-state index in [4.69, 9.17) is 44.3 Å². The van der Waals surface area contributed by atoms with Crippen molar-refractivity contribution in [1.29, 1.82) is 0 Å². The van der Waals surface area contributed by atoms with Gasteiger partial charge in [0.15, 0.2) is 11.5 Å². The van der Waals surface area contributed by atoms with E-state index in [1.54, 1.807) is 19.2 Å². The highest BCUT2D eigenvalue weighted by Crippen LogP contribution is 2.35. The van der Waals surface area contributed by atoms with Gasteiger partial charge in [-0.25, -0.2) is 0 Å². The molecule has 0 amide bonds. The number of methoxy groups -OCH3 is 1. The summed E-state index contributed by atoms with van der Waals surface area (Å²) in [5, 5.41) is 5.13. The van der Waals surface area contributed by atoms with Crippen molar-refractivity contribution in [3.63, 3.8) is 0 Å². The van der Waals surface area contributed by atoms with E-state index in [0.717, 1.165) is 21.3 Å². The van der Waals surface area contributed by atoms with Crippen molar-refractivity contribution in [2.45, 2.75) is 13.2 Å². The number of anilines is 1. The van der Waals surface area contributed by atoms with Gasteiger partial charge in [-0.1, -0.05) is 68.9 Å². The fourth-order valence-corrected chi connectivity index (χ4v) is 3.71. The van der Waals surface area contributed by atoms with Crippen molar-refractivity contribution in [3.8, 4) is 11.5 Å². The van der Waals surface area contributed by atoms with E-state index in [1.807, 2.05) is 42.5 Å². The van der Waals surface area contributed by atoms with Crippen LogP contribution in [0.25, 0.3) is 0 Å². The number of hydrogen-bond donors (Lipinski definition) is 1. The van der Waals surface area contributed by atoms with Crippen molar-refractivity contribution >= 4 is 56.4 Å². The number of ether oxygens (including phenoxy) is 2. The first kappa shape index (κ1) is 21.1. The van der Waals surface area contributed by atoms with E-state index in [0.29, 0.717) is 39.7 Å². The maximum atomic E-state index is 6.22. The van der Waals surface area contributed by atoms with Crippen molar-refractivity contribution in [2.24, 2.45) is 0 Å². The Morgan fingerprint density at radius 3 is 2.39 bits per heavy atom. The number of halogens is 4. The Morgan fingerprint density at radius 1 is 0.893 bits per heavy atom. The molecular formula is C21H17BrCl3NO2. The first-order chi connectivity index (χ1) is 13.5. The predicted octanol–water partition coefficient (Wildman–Crippen LogP) is 7.61. The van der Waals surface area contributed by atoms with Gasteiger partial charge in [0.1, 0.15) is 6.61 Å². The normalized spacial score (nSPS) is 10.6. The third kappa shape index (κ3) is 5.26. The second-order valence-electron chi connectivity index (χ2n) is 5.95. The van der Waals surface area contributed by atoms with Crippen LogP contribution in [0.15, 0.2) is 59.1 Å². The summed E-state index contributed by atoms with van der Waals surface area (Å²) in [6.45, 7) is 0.892. The average Bonchev–Trinajstić information content (AvgIpc) is 2.67. The smallest absolute Gasteiger partial charge is 0.162 e. The van der Waals surface area contributed by atoms with Crippen LogP contribution in [-0.2, 0) is 13.2 Å². The molecule has 146 valence electrons. The Hall–Kier alpha value is -1.59. The molecule has 0 fully saturated rings. The van der Waals surface area contributed by atoms with Gasteiger partial charge in [-0.05, 0) is 42.0 Å². The van der Waals surface area contributed by atoms with E-state index >= 15 is 0 Å². The molecule has 0 bridgehead atoms. The highest BCUT2D eigenvalue weighted by atomic mass is 79.9. The lowest BCUT2D eigenvalue weighted by molar-refractivity contribution is 0.284. The zero-order chi connectivity index (χ0) is 20.1. The zero-order valence-corrected chi connectivity index (χ0v) is 18.8. The lowest BCUT2D eigenvalue weighted by Gasteiger charge is -2.15. The van der Waals surface area contributed by atoms with Gasteiger partial charge in [0.05, 0.1) is 17.8 Å². The Bertz CT molecular complexity index is 982. The molecule has 3 nitrogen and oxygen atoms in total. The summed E-state index contributed by atoms with van der Waals surface area (Å²) in [5.41, 5.74) is 2.70. The van der Waals surface area contributed by atoms with Gasteiger partial charge in [-0.2, -0.15) is 0 Å². The Kier molecular flexibility index (Phi) is 7.36. The minimum absolute atomic E-state index is 0.348. The van der Waals surface area contributed by atoms with Crippen LogP contribution in [0.3, 0.4) is 0 Å². The number of rotatable bonds is 7. The van der Waals surface area contributed by atoms with Crippen LogP contribution < -0.4 is 14.8 Å². The highest BCUT2D eigenvalue weighted by molar-refractivity contribution is 9.10. The molecule has 0 atom stereocenters. The first-order valence-corrected chi connectivity index (χ1v) is 10.3. The molecule has 1 N–H and O–H groups in total. The van der Waals surface area contributed by atoms with E-state index < -0.39 is 0 Å². The van der Waals surface area contributed by atoms with Crippen LogP contribution in [0.5, 0.6) is 11.5 Å². The molecular weight excluding hydrogens is 484 g/mol. The first-order valence-electron chi connectivity index (χ1n) is 8.39. The lowest BCUT2D eigenvalue weighted by Crippen LogP contribution is -2.03. The minimum atomic E-state index is 0.348. The Labute approximate surface area is 187 Å². The Morgan fingerprint density at radius 2 is 1.68 bits per heavy atom. The van der Waals surface area contributed by atoms with E-state index in [9.17, 15) is 0 Å². The van der Waals surface area contributed by atoms with E-state index in [2.05, 4.69) is 21.2 Å². The number of benzene rings is 3. The quantitative estimate of drug-likeness (QED) is 0.361. The summed E-state index contributed by atoms with van der Waals surface area (Å²) in [6, 6.07) is 16.7. The molecule has 0 heterocycles. The third-order valence-corrected chi connectivity index (χ3v) is 5.73. The molecule has 0 aliphatic rings. The molecule has 3 aromatic rings. The summed E-state index contributed by atoms with van der Waals surface area (Å²) in [4.78, 5) is 0. The van der Waals surface area contributed by atoms with Crippen molar-refractivity contribution < 1.29 is 9.47 Å². The molecule has 0 aliphatic heterocycles. The molecule has 3 rings (SSSR count). The summed E-state index contributed by atoms with van der Waals surface area (Å²) in [6.07, 6.45) is 0. The van der Waals surface area contributed by atoms with Gasteiger partial charge in [-0.15, -0.1) is 0 Å². The fourth-order valence-electron chi connectivity index (χ4n) is 2.58. The van der Waals surface area contributed by atoms with Gasteiger partial charge in [0.2, 0.25) is 0 Å². The van der Waals surface area contributed by atoms with Gasteiger partial charge in [0.25, 0.3) is 0 Å². The summed E-state index contributed by atoms with van der Waals surface area (Å²) >= 11 is 22.0. The Balaban J connectivity index is 1.74. The van der Waals surface area contributed by atoms with Crippen LogP contribution in [0, 0.1) is 0 Å². The van der Waals surface area contributed by atoms with Gasteiger partial charge < -0.3 is 14.8 Å². The van der Waals surface area contributed by atoms with E-state index in [-0.39, 0.29) is 0 Å². The molecule has 0 saturated heterocycles. The molecule has 3 aromatic carbocycles. The van der Waals surface area contributed by atoms with Crippen LogP contribution in [0.1, 0.15) is 11.1 Å². The number of nitrogens with one attached hydrogen (secondary N) is 1. The third-order valence-electron chi connectivity index (χ3n) is 4.07. The SMILES string of the molecule is COc1cc(CNc2ccc(Cl)cc2Cl)c(Br)cc1OCc1ccccc1Cl. The maximum absolute atomic E-state index is 6.22. The minimum Gasteiger partial charge on any atom is -0.493 e. The molecule has 0 spiro atoms. The fraction of sp³-hybridized carbons (Fsp3) is 0.143. The van der Waals surface area contributed by atoms with Crippen molar-refractivity contribution in [2.75, 3.05) is 12.4 Å². The second kappa shape index (κ2) is 9.75. The lowest BCUT2D eigenvalue weighted by atomic mass is 10.2. The maximum Gasteiger partial charge on any atom is 0.162 e. The molecule has 0 radical (unpaired) electrons. The molecule has 7 heteroatoms. The molecule has 28 heavy (non-hydrogen) atoms. The molecule has 0 unspecified atom stereocenters. The van der Waals surface area contributed by atoms with Gasteiger partial charge >= 0.3 is 0 Å². The summed E-state index contributed by atoms with van der Waals surface area (Å²) in [7, 11) is 1.61. The highest BCUT2D eigenvalue weighted by Gasteiger charge is 2.12. The van der Waals surface area contributed by atoms with Crippen LogP contribution >= 0.6 is 50.7 Å². The largest absolute Gasteiger partial charge is 0.493 e. The second-order valence-corrected chi connectivity index (χ2v) is 8.06. The van der Waals surface area contributed by atoms with Gasteiger partial charge in [-0.3, -0.25) is 0 Å². The standard InChI is InChI=1S/C21H17BrCl3NO2/c1-27-20-8-14(11-26-19-7-6-15(23)9-18(19)25)16(22)10-21(20)28-12-13-4-2-3-5-17(13)24/h2-10,26H,11-12H2,1H3. The summed E-state index contributed by atoms with van der Waals surface area (Å²) < 4.78 is 12.3.